The predicted octanol–water partition coefficient (Wildman–Crippen LogP) is 5.77. The Labute approximate surface area is 138 Å². The zero-order valence-corrected chi connectivity index (χ0v) is 14.5. The lowest BCUT2D eigenvalue weighted by Crippen LogP contribution is -1.93. The van der Waals surface area contributed by atoms with Crippen LogP contribution < -0.4 is 0 Å². The summed E-state index contributed by atoms with van der Waals surface area (Å²) < 4.78 is 0. The van der Waals surface area contributed by atoms with Gasteiger partial charge in [-0.25, -0.2) is 9.97 Å². The van der Waals surface area contributed by atoms with Crippen molar-refractivity contribution in [3.63, 3.8) is 0 Å². The molecule has 1 aromatic carbocycles. The molecule has 0 N–H and O–H groups in total. The van der Waals surface area contributed by atoms with Crippen LogP contribution in [0, 0.1) is 0 Å². The molecular formula is C19H26N2S. The molecule has 0 radical (unpaired) electrons. The summed E-state index contributed by atoms with van der Waals surface area (Å²) in [6.07, 6.45) is 11.3. The molecule has 0 atom stereocenters. The Kier molecular flexibility index (Phi) is 7.44. The Balaban J connectivity index is 1.93. The minimum atomic E-state index is 0.823. The zero-order valence-electron chi connectivity index (χ0n) is 13.7. The summed E-state index contributed by atoms with van der Waals surface area (Å²) in [7, 11) is 0. The van der Waals surface area contributed by atoms with Gasteiger partial charge in [-0.2, -0.15) is 0 Å². The van der Waals surface area contributed by atoms with E-state index in [1.54, 1.807) is 0 Å². The Morgan fingerprint density at radius 1 is 0.864 bits per heavy atom. The average molecular weight is 314 g/mol. The van der Waals surface area contributed by atoms with Crippen LogP contribution in [-0.2, 0) is 6.42 Å². The molecule has 2 rings (SSSR count). The SMILES string of the molecule is CCCCCc1cnc(-c2ccc(SCCCC)cc2)nc1. The van der Waals surface area contributed by atoms with Gasteiger partial charge in [0.25, 0.3) is 0 Å². The fraction of sp³-hybridized carbons (Fsp3) is 0.474. The molecule has 0 unspecified atom stereocenters. The van der Waals surface area contributed by atoms with E-state index in [2.05, 4.69) is 48.1 Å². The van der Waals surface area contributed by atoms with Gasteiger partial charge in [-0.1, -0.05) is 45.2 Å². The van der Waals surface area contributed by atoms with Crippen molar-refractivity contribution in [2.24, 2.45) is 0 Å². The Morgan fingerprint density at radius 2 is 1.55 bits per heavy atom. The second kappa shape index (κ2) is 9.62. The minimum Gasteiger partial charge on any atom is -0.236 e. The van der Waals surface area contributed by atoms with Crippen molar-refractivity contribution in [2.45, 2.75) is 57.3 Å². The van der Waals surface area contributed by atoms with Crippen LogP contribution >= 0.6 is 11.8 Å². The van der Waals surface area contributed by atoms with E-state index in [9.17, 15) is 0 Å². The summed E-state index contributed by atoms with van der Waals surface area (Å²) in [5.74, 6) is 2.02. The van der Waals surface area contributed by atoms with Gasteiger partial charge >= 0.3 is 0 Å². The van der Waals surface area contributed by atoms with Crippen molar-refractivity contribution in [2.75, 3.05) is 5.75 Å². The minimum absolute atomic E-state index is 0.823. The van der Waals surface area contributed by atoms with E-state index in [0.29, 0.717) is 0 Å². The lowest BCUT2D eigenvalue weighted by Gasteiger charge is -2.04. The maximum Gasteiger partial charge on any atom is 0.159 e. The summed E-state index contributed by atoms with van der Waals surface area (Å²) in [5, 5.41) is 0. The summed E-state index contributed by atoms with van der Waals surface area (Å²) in [6, 6.07) is 8.60. The van der Waals surface area contributed by atoms with Crippen molar-refractivity contribution >= 4 is 11.8 Å². The molecule has 0 saturated heterocycles. The van der Waals surface area contributed by atoms with Gasteiger partial charge in [-0.05, 0) is 42.7 Å². The Morgan fingerprint density at radius 3 is 2.18 bits per heavy atom. The highest BCUT2D eigenvalue weighted by Crippen LogP contribution is 2.23. The lowest BCUT2D eigenvalue weighted by molar-refractivity contribution is 0.714. The second-order valence-electron chi connectivity index (χ2n) is 5.60. The number of nitrogens with zero attached hydrogens (tertiary/aromatic N) is 2. The van der Waals surface area contributed by atoms with Crippen LogP contribution in [0.25, 0.3) is 11.4 Å². The normalized spacial score (nSPS) is 10.8. The number of hydrogen-bond acceptors (Lipinski definition) is 3. The molecule has 0 fully saturated rings. The van der Waals surface area contributed by atoms with Gasteiger partial charge in [-0.15, -0.1) is 11.8 Å². The van der Waals surface area contributed by atoms with Crippen molar-refractivity contribution in [1.29, 1.82) is 0 Å². The highest BCUT2D eigenvalue weighted by molar-refractivity contribution is 7.99. The van der Waals surface area contributed by atoms with Crippen LogP contribution in [0.1, 0.15) is 51.5 Å². The fourth-order valence-electron chi connectivity index (χ4n) is 2.25. The molecule has 0 aliphatic carbocycles. The monoisotopic (exact) mass is 314 g/mol. The first-order valence-electron chi connectivity index (χ1n) is 8.37. The smallest absolute Gasteiger partial charge is 0.159 e. The number of unbranched alkanes of at least 4 members (excludes halogenated alkanes) is 3. The molecule has 3 heteroatoms. The standard InChI is InChI=1S/C19H26N2S/c1-3-5-7-8-16-14-20-19(21-15-16)17-9-11-18(12-10-17)22-13-6-4-2/h9-12,14-15H,3-8,13H2,1-2H3. The van der Waals surface area contributed by atoms with E-state index in [1.165, 1.54) is 48.3 Å². The third kappa shape index (κ3) is 5.45. The van der Waals surface area contributed by atoms with Crippen molar-refractivity contribution in [1.82, 2.24) is 9.97 Å². The number of rotatable bonds is 9. The lowest BCUT2D eigenvalue weighted by atomic mass is 10.1. The quantitative estimate of drug-likeness (QED) is 0.434. The molecule has 0 aliphatic heterocycles. The molecule has 118 valence electrons. The van der Waals surface area contributed by atoms with E-state index in [4.69, 9.17) is 0 Å². The van der Waals surface area contributed by atoms with Crippen molar-refractivity contribution in [3.8, 4) is 11.4 Å². The maximum absolute atomic E-state index is 4.51. The third-order valence-electron chi connectivity index (χ3n) is 3.65. The fourth-order valence-corrected chi connectivity index (χ4v) is 3.24. The summed E-state index contributed by atoms with van der Waals surface area (Å²) >= 11 is 1.92. The summed E-state index contributed by atoms with van der Waals surface area (Å²) in [4.78, 5) is 10.4. The molecule has 22 heavy (non-hydrogen) atoms. The highest BCUT2D eigenvalue weighted by atomic mass is 32.2. The molecule has 0 aliphatic rings. The van der Waals surface area contributed by atoms with Gasteiger partial charge in [0, 0.05) is 22.9 Å². The first-order chi connectivity index (χ1) is 10.8. The van der Waals surface area contributed by atoms with Crippen LogP contribution in [-0.4, -0.2) is 15.7 Å². The van der Waals surface area contributed by atoms with Gasteiger partial charge in [0.2, 0.25) is 0 Å². The molecule has 1 aromatic heterocycles. The first kappa shape index (κ1) is 17.0. The maximum atomic E-state index is 4.51. The van der Waals surface area contributed by atoms with Gasteiger partial charge in [0.05, 0.1) is 0 Å². The highest BCUT2D eigenvalue weighted by Gasteiger charge is 2.02. The van der Waals surface area contributed by atoms with Crippen LogP contribution in [0.4, 0.5) is 0 Å². The van der Waals surface area contributed by atoms with E-state index in [-0.39, 0.29) is 0 Å². The van der Waals surface area contributed by atoms with E-state index >= 15 is 0 Å². The number of aromatic nitrogens is 2. The largest absolute Gasteiger partial charge is 0.236 e. The van der Waals surface area contributed by atoms with Gasteiger partial charge in [-0.3, -0.25) is 0 Å². The van der Waals surface area contributed by atoms with Crippen LogP contribution in [0.15, 0.2) is 41.6 Å². The molecule has 1 heterocycles. The van der Waals surface area contributed by atoms with E-state index < -0.39 is 0 Å². The summed E-state index contributed by atoms with van der Waals surface area (Å²) in [6.45, 7) is 4.46. The molecule has 2 nitrogen and oxygen atoms in total. The zero-order chi connectivity index (χ0) is 15.6. The second-order valence-corrected chi connectivity index (χ2v) is 6.77. The van der Waals surface area contributed by atoms with E-state index in [0.717, 1.165) is 17.8 Å². The number of hydrogen-bond donors (Lipinski definition) is 0. The van der Waals surface area contributed by atoms with Crippen molar-refractivity contribution < 1.29 is 0 Å². The molecule has 0 bridgehead atoms. The average Bonchev–Trinajstić information content (AvgIpc) is 2.57. The molecule has 2 aromatic rings. The molecular weight excluding hydrogens is 288 g/mol. The number of thioether (sulfide) groups is 1. The van der Waals surface area contributed by atoms with Crippen LogP contribution in [0.2, 0.25) is 0 Å². The molecule has 0 spiro atoms. The Bertz CT molecular complexity index is 483. The number of benzene rings is 1. The van der Waals surface area contributed by atoms with Gasteiger partial charge in [0.1, 0.15) is 0 Å². The number of aryl methyl sites for hydroxylation is 1. The first-order valence-corrected chi connectivity index (χ1v) is 9.36. The topological polar surface area (TPSA) is 25.8 Å². The summed E-state index contributed by atoms with van der Waals surface area (Å²) in [5.41, 5.74) is 2.34. The molecule has 0 amide bonds. The van der Waals surface area contributed by atoms with Crippen LogP contribution in [0.3, 0.4) is 0 Å². The van der Waals surface area contributed by atoms with E-state index in [1.807, 2.05) is 24.2 Å². The molecule has 0 saturated carbocycles. The van der Waals surface area contributed by atoms with Crippen molar-refractivity contribution in [3.05, 3.63) is 42.2 Å². The van der Waals surface area contributed by atoms with Gasteiger partial charge < -0.3 is 0 Å². The predicted molar refractivity (Wildman–Crippen MR) is 96.3 cm³/mol. The third-order valence-corrected chi connectivity index (χ3v) is 4.75. The van der Waals surface area contributed by atoms with Gasteiger partial charge in [0.15, 0.2) is 5.82 Å². The Hall–Kier alpha value is -1.35. The van der Waals surface area contributed by atoms with Crippen LogP contribution in [0.5, 0.6) is 0 Å².